The van der Waals surface area contributed by atoms with Crippen LogP contribution in [0, 0.1) is 11.6 Å². The van der Waals surface area contributed by atoms with Crippen molar-refractivity contribution in [2.45, 2.75) is 30.8 Å². The number of nitrogens with zero attached hydrogens (tertiary/aromatic N) is 2. The zero-order valence-electron chi connectivity index (χ0n) is 16.6. The molecule has 0 spiro atoms. The molecule has 2 aromatic rings. The number of hydrazine groups is 1. The van der Waals surface area contributed by atoms with E-state index in [2.05, 4.69) is 5.43 Å². The molecule has 0 saturated carbocycles. The van der Waals surface area contributed by atoms with Gasteiger partial charge in [-0.15, -0.1) is 0 Å². The molecular formula is C23H21F2N3O3. The van der Waals surface area contributed by atoms with Crippen LogP contribution >= 0.6 is 0 Å². The van der Waals surface area contributed by atoms with Gasteiger partial charge < -0.3 is 10.0 Å². The molecule has 6 nitrogen and oxygen atoms in total. The van der Waals surface area contributed by atoms with E-state index in [1.165, 1.54) is 11.1 Å². The molecule has 1 amide bonds. The lowest BCUT2D eigenvalue weighted by Crippen LogP contribution is -2.66. The number of aliphatic hydroxyl groups excluding tert-OH is 1. The number of piperazine rings is 1. The Morgan fingerprint density at radius 3 is 2.61 bits per heavy atom. The van der Waals surface area contributed by atoms with E-state index in [-0.39, 0.29) is 23.8 Å². The molecule has 3 heterocycles. The summed E-state index contributed by atoms with van der Waals surface area (Å²) < 4.78 is 29.3. The van der Waals surface area contributed by atoms with Crippen LogP contribution < -0.4 is 5.43 Å². The van der Waals surface area contributed by atoms with Gasteiger partial charge in [0.15, 0.2) is 23.1 Å². The first-order valence-electron chi connectivity index (χ1n) is 10.3. The first kappa shape index (κ1) is 19.7. The monoisotopic (exact) mass is 425 g/mol. The lowest BCUT2D eigenvalue weighted by atomic mass is 9.79. The number of ketones is 1. The topological polar surface area (TPSA) is 72.9 Å². The number of halogens is 2. The van der Waals surface area contributed by atoms with E-state index in [4.69, 9.17) is 0 Å². The summed E-state index contributed by atoms with van der Waals surface area (Å²) in [4.78, 5) is 26.9. The zero-order valence-corrected chi connectivity index (χ0v) is 16.6. The maximum Gasteiger partial charge on any atom is 0.275 e. The number of benzene rings is 2. The standard InChI is InChI=1S/C23H21F2N3O3/c24-15-9-4-8-14(19(15)25)18(13-6-2-1-3-7-13)20-16-10-5-11-27(16)23(31)21-22(30)17(29)12-26-28(20)21/h1-4,6-9,16,18,20,26,30H,5,10-12H2/t16-,18-,20-/m1/s1. The van der Waals surface area contributed by atoms with Gasteiger partial charge in [0.1, 0.15) is 0 Å². The highest BCUT2D eigenvalue weighted by Crippen LogP contribution is 2.43. The molecule has 0 bridgehead atoms. The molecule has 31 heavy (non-hydrogen) atoms. The molecule has 3 atom stereocenters. The van der Waals surface area contributed by atoms with Crippen molar-refractivity contribution in [2.75, 3.05) is 13.1 Å². The van der Waals surface area contributed by atoms with Crippen molar-refractivity contribution in [2.24, 2.45) is 0 Å². The van der Waals surface area contributed by atoms with Crippen molar-refractivity contribution >= 4 is 11.7 Å². The predicted octanol–water partition coefficient (Wildman–Crippen LogP) is 2.63. The van der Waals surface area contributed by atoms with E-state index in [1.807, 2.05) is 30.3 Å². The summed E-state index contributed by atoms with van der Waals surface area (Å²) >= 11 is 0. The van der Waals surface area contributed by atoms with Crippen LogP contribution in [0.3, 0.4) is 0 Å². The molecule has 2 saturated heterocycles. The summed E-state index contributed by atoms with van der Waals surface area (Å²) in [6.07, 6.45) is 1.42. The molecule has 8 heteroatoms. The van der Waals surface area contributed by atoms with Gasteiger partial charge in [-0.3, -0.25) is 14.6 Å². The average Bonchev–Trinajstić information content (AvgIpc) is 3.26. The summed E-state index contributed by atoms with van der Waals surface area (Å²) in [7, 11) is 0. The number of fused-ring (bicyclic) bond motifs is 2. The average molecular weight is 425 g/mol. The van der Waals surface area contributed by atoms with E-state index < -0.39 is 41.0 Å². The zero-order chi connectivity index (χ0) is 21.7. The fourth-order valence-corrected chi connectivity index (χ4v) is 5.09. The Bertz CT molecular complexity index is 1090. The van der Waals surface area contributed by atoms with Crippen LogP contribution in [-0.2, 0) is 9.59 Å². The van der Waals surface area contributed by atoms with E-state index >= 15 is 4.39 Å². The van der Waals surface area contributed by atoms with E-state index in [0.29, 0.717) is 13.0 Å². The Hall–Kier alpha value is -3.26. The second-order valence-corrected chi connectivity index (χ2v) is 8.06. The number of carbonyl (C=O) groups excluding carboxylic acids is 2. The maximum atomic E-state index is 15.1. The summed E-state index contributed by atoms with van der Waals surface area (Å²) in [6, 6.07) is 12.4. The SMILES string of the molecule is O=C1CNN2C(=C1O)C(=O)N1CCC[C@@H]1[C@@H]2[C@H](c1ccccc1)c1cccc(F)c1F. The molecule has 5 rings (SSSR count). The Morgan fingerprint density at radius 1 is 1.06 bits per heavy atom. The van der Waals surface area contributed by atoms with E-state index in [1.54, 1.807) is 11.0 Å². The minimum absolute atomic E-state index is 0.128. The number of hydrogen-bond acceptors (Lipinski definition) is 5. The number of carbonyl (C=O) groups is 2. The third-order valence-corrected chi connectivity index (χ3v) is 6.41. The van der Waals surface area contributed by atoms with Crippen molar-refractivity contribution in [3.63, 3.8) is 0 Å². The first-order valence-corrected chi connectivity index (χ1v) is 10.3. The molecule has 3 aliphatic rings. The normalized spacial score (nSPS) is 24.3. The molecule has 0 aromatic heterocycles. The van der Waals surface area contributed by atoms with Gasteiger partial charge in [0.25, 0.3) is 5.91 Å². The highest BCUT2D eigenvalue weighted by Gasteiger charge is 2.52. The fraction of sp³-hybridized carbons (Fsp3) is 0.304. The van der Waals surface area contributed by atoms with Gasteiger partial charge in [-0.05, 0) is 24.5 Å². The Labute approximate surface area is 177 Å². The lowest BCUT2D eigenvalue weighted by Gasteiger charge is -2.50. The molecule has 0 aliphatic carbocycles. The van der Waals surface area contributed by atoms with Gasteiger partial charge in [-0.1, -0.05) is 42.5 Å². The molecule has 2 aromatic carbocycles. The number of nitrogens with one attached hydrogen (secondary N) is 1. The van der Waals surface area contributed by atoms with Crippen molar-refractivity contribution in [3.05, 3.63) is 82.7 Å². The molecule has 2 fully saturated rings. The first-order chi connectivity index (χ1) is 15.0. The molecule has 2 N–H and O–H groups in total. The van der Waals surface area contributed by atoms with Gasteiger partial charge in [0.2, 0.25) is 5.78 Å². The third-order valence-electron chi connectivity index (χ3n) is 6.41. The number of aliphatic hydroxyl groups is 1. The van der Waals surface area contributed by atoms with Crippen LogP contribution in [0.5, 0.6) is 0 Å². The smallest absolute Gasteiger partial charge is 0.275 e. The van der Waals surface area contributed by atoms with Crippen LogP contribution in [0.4, 0.5) is 8.78 Å². The lowest BCUT2D eigenvalue weighted by molar-refractivity contribution is -0.141. The summed E-state index contributed by atoms with van der Waals surface area (Å²) in [5, 5.41) is 12.0. The number of amides is 1. The summed E-state index contributed by atoms with van der Waals surface area (Å²) in [5.74, 6) is -4.15. The second-order valence-electron chi connectivity index (χ2n) is 8.06. The van der Waals surface area contributed by atoms with Crippen molar-refractivity contribution in [1.29, 1.82) is 0 Å². The molecule has 3 aliphatic heterocycles. The van der Waals surface area contributed by atoms with Crippen LogP contribution in [0.15, 0.2) is 60.0 Å². The quantitative estimate of drug-likeness (QED) is 0.791. The fourth-order valence-electron chi connectivity index (χ4n) is 5.09. The summed E-state index contributed by atoms with van der Waals surface area (Å²) in [6.45, 7) is 0.297. The maximum absolute atomic E-state index is 15.1. The number of rotatable bonds is 3. The van der Waals surface area contributed by atoms with Crippen molar-refractivity contribution < 1.29 is 23.5 Å². The summed E-state index contributed by atoms with van der Waals surface area (Å²) in [5.41, 5.74) is 3.73. The van der Waals surface area contributed by atoms with E-state index in [0.717, 1.165) is 18.1 Å². The highest BCUT2D eigenvalue weighted by molar-refractivity contribution is 6.06. The van der Waals surface area contributed by atoms with Gasteiger partial charge >= 0.3 is 0 Å². The Morgan fingerprint density at radius 2 is 1.84 bits per heavy atom. The largest absolute Gasteiger partial charge is 0.503 e. The van der Waals surface area contributed by atoms with Crippen LogP contribution in [0.1, 0.15) is 29.9 Å². The van der Waals surface area contributed by atoms with Crippen molar-refractivity contribution in [1.82, 2.24) is 15.3 Å². The second kappa shape index (κ2) is 7.46. The number of hydrogen-bond donors (Lipinski definition) is 2. The molecule has 160 valence electrons. The minimum atomic E-state index is -0.950. The van der Waals surface area contributed by atoms with Gasteiger partial charge in [-0.2, -0.15) is 0 Å². The van der Waals surface area contributed by atoms with Crippen molar-refractivity contribution in [3.8, 4) is 0 Å². The Kier molecular flexibility index (Phi) is 4.74. The third kappa shape index (κ3) is 3.01. The minimum Gasteiger partial charge on any atom is -0.503 e. The Balaban J connectivity index is 1.74. The molecular weight excluding hydrogens is 404 g/mol. The van der Waals surface area contributed by atoms with Gasteiger partial charge in [-0.25, -0.2) is 14.2 Å². The van der Waals surface area contributed by atoms with Gasteiger partial charge in [0.05, 0.1) is 18.6 Å². The molecule has 0 radical (unpaired) electrons. The number of Topliss-reactive ketones (excluding diaryl/α,β-unsaturated/α-hetero) is 1. The van der Waals surface area contributed by atoms with E-state index in [9.17, 15) is 19.1 Å². The molecule has 0 unspecified atom stereocenters. The van der Waals surface area contributed by atoms with Crippen LogP contribution in [0.25, 0.3) is 0 Å². The van der Waals surface area contributed by atoms with Crippen LogP contribution in [0.2, 0.25) is 0 Å². The van der Waals surface area contributed by atoms with Crippen LogP contribution in [-0.4, -0.2) is 51.9 Å². The van der Waals surface area contributed by atoms with Gasteiger partial charge in [0, 0.05) is 18.0 Å². The highest BCUT2D eigenvalue weighted by atomic mass is 19.2. The predicted molar refractivity (Wildman–Crippen MR) is 108 cm³/mol.